The molecule has 1 aromatic heterocycles. The van der Waals surface area contributed by atoms with Crippen LogP contribution in [0.1, 0.15) is 22.8 Å². The summed E-state index contributed by atoms with van der Waals surface area (Å²) in [6, 6.07) is 11.9. The first-order valence-electron chi connectivity index (χ1n) is 6.89. The van der Waals surface area contributed by atoms with Gasteiger partial charge >= 0.3 is 0 Å². The Labute approximate surface area is 118 Å². The van der Waals surface area contributed by atoms with Crippen molar-refractivity contribution in [2.45, 2.75) is 13.3 Å². The van der Waals surface area contributed by atoms with Gasteiger partial charge in [0.1, 0.15) is 5.82 Å². The van der Waals surface area contributed by atoms with Crippen LogP contribution in [0.2, 0.25) is 0 Å². The minimum absolute atomic E-state index is 0.0522. The Kier molecular flexibility index (Phi) is 3.37. The summed E-state index contributed by atoms with van der Waals surface area (Å²) in [5.41, 5.74) is 3.17. The number of carbonyl (C=O) groups is 1. The first-order valence-corrected chi connectivity index (χ1v) is 6.89. The fourth-order valence-corrected chi connectivity index (χ4v) is 2.55. The van der Waals surface area contributed by atoms with E-state index in [1.165, 1.54) is 11.3 Å². The first-order chi connectivity index (χ1) is 9.79. The standard InChI is InChI=1S/C16H17N3O/c1-2-17-16(20)13-7-9-18-15(11-13)19-10-8-12-5-3-4-6-14(12)19/h3-7,9,11H,2,8,10H2,1H3,(H,17,20). The van der Waals surface area contributed by atoms with Crippen LogP contribution in [0.25, 0.3) is 0 Å². The molecule has 0 aliphatic carbocycles. The molecule has 1 N–H and O–H groups in total. The molecule has 4 heteroatoms. The van der Waals surface area contributed by atoms with Crippen molar-refractivity contribution in [3.8, 4) is 0 Å². The Morgan fingerprint density at radius 1 is 1.35 bits per heavy atom. The van der Waals surface area contributed by atoms with Crippen molar-refractivity contribution in [2.24, 2.45) is 0 Å². The number of rotatable bonds is 3. The smallest absolute Gasteiger partial charge is 0.251 e. The van der Waals surface area contributed by atoms with E-state index in [1.54, 1.807) is 12.3 Å². The number of nitrogens with zero attached hydrogens (tertiary/aromatic N) is 2. The number of anilines is 2. The monoisotopic (exact) mass is 267 g/mol. The van der Waals surface area contributed by atoms with E-state index in [0.29, 0.717) is 12.1 Å². The van der Waals surface area contributed by atoms with E-state index >= 15 is 0 Å². The van der Waals surface area contributed by atoms with Crippen molar-refractivity contribution < 1.29 is 4.79 Å². The zero-order valence-electron chi connectivity index (χ0n) is 11.5. The molecular weight excluding hydrogens is 250 g/mol. The summed E-state index contributed by atoms with van der Waals surface area (Å²) in [7, 11) is 0. The molecule has 102 valence electrons. The maximum absolute atomic E-state index is 11.9. The van der Waals surface area contributed by atoms with E-state index in [0.717, 1.165) is 18.8 Å². The van der Waals surface area contributed by atoms with Crippen LogP contribution in [-0.2, 0) is 6.42 Å². The lowest BCUT2D eigenvalue weighted by molar-refractivity contribution is 0.0955. The molecule has 1 amide bonds. The lowest BCUT2D eigenvalue weighted by atomic mass is 10.2. The lowest BCUT2D eigenvalue weighted by Gasteiger charge is -2.18. The number of amides is 1. The molecule has 0 bridgehead atoms. The van der Waals surface area contributed by atoms with E-state index in [4.69, 9.17) is 0 Å². The van der Waals surface area contributed by atoms with Crippen molar-refractivity contribution in [1.29, 1.82) is 0 Å². The second-order valence-electron chi connectivity index (χ2n) is 4.79. The Balaban J connectivity index is 1.92. The summed E-state index contributed by atoms with van der Waals surface area (Å²) in [5.74, 6) is 0.780. The summed E-state index contributed by atoms with van der Waals surface area (Å²) in [4.78, 5) is 18.5. The Morgan fingerprint density at radius 2 is 2.20 bits per heavy atom. The molecule has 2 heterocycles. The molecule has 0 atom stereocenters. The van der Waals surface area contributed by atoms with Gasteiger partial charge in [-0.25, -0.2) is 4.98 Å². The lowest BCUT2D eigenvalue weighted by Crippen LogP contribution is -2.23. The largest absolute Gasteiger partial charge is 0.352 e. The summed E-state index contributed by atoms with van der Waals surface area (Å²) in [5, 5.41) is 2.81. The highest BCUT2D eigenvalue weighted by molar-refractivity contribution is 5.95. The number of carbonyl (C=O) groups excluding carboxylic acids is 1. The maximum atomic E-state index is 11.9. The second-order valence-corrected chi connectivity index (χ2v) is 4.79. The van der Waals surface area contributed by atoms with E-state index in [9.17, 15) is 4.79 Å². The van der Waals surface area contributed by atoms with Gasteiger partial charge in [-0.1, -0.05) is 18.2 Å². The molecule has 3 rings (SSSR count). The molecule has 2 aromatic rings. The Bertz CT molecular complexity index is 639. The quantitative estimate of drug-likeness (QED) is 0.929. The Hall–Kier alpha value is -2.36. The third-order valence-corrected chi connectivity index (χ3v) is 3.51. The summed E-state index contributed by atoms with van der Waals surface area (Å²) < 4.78 is 0. The van der Waals surface area contributed by atoms with Crippen molar-refractivity contribution in [3.05, 3.63) is 53.7 Å². The van der Waals surface area contributed by atoms with Gasteiger partial charge in [0.25, 0.3) is 5.91 Å². The highest BCUT2D eigenvalue weighted by atomic mass is 16.1. The van der Waals surface area contributed by atoms with Gasteiger partial charge < -0.3 is 10.2 Å². The number of hydrogen-bond donors (Lipinski definition) is 1. The minimum Gasteiger partial charge on any atom is -0.352 e. The molecule has 1 aromatic carbocycles. The number of fused-ring (bicyclic) bond motifs is 1. The van der Waals surface area contributed by atoms with Gasteiger partial charge in [-0.05, 0) is 37.1 Å². The number of nitrogens with one attached hydrogen (secondary N) is 1. The zero-order valence-corrected chi connectivity index (χ0v) is 11.5. The van der Waals surface area contributed by atoms with Crippen LogP contribution < -0.4 is 10.2 Å². The SMILES string of the molecule is CCNC(=O)c1ccnc(N2CCc3ccccc32)c1. The molecular formula is C16H17N3O. The fraction of sp³-hybridized carbons (Fsp3) is 0.250. The fourth-order valence-electron chi connectivity index (χ4n) is 2.55. The third kappa shape index (κ3) is 2.25. The van der Waals surface area contributed by atoms with Crippen LogP contribution in [0.3, 0.4) is 0 Å². The highest BCUT2D eigenvalue weighted by Gasteiger charge is 2.21. The zero-order chi connectivity index (χ0) is 13.9. The van der Waals surface area contributed by atoms with Crippen LogP contribution in [0, 0.1) is 0 Å². The molecule has 0 saturated heterocycles. The number of para-hydroxylation sites is 1. The normalized spacial score (nSPS) is 13.2. The molecule has 0 spiro atoms. The molecule has 1 aliphatic rings. The number of pyridine rings is 1. The summed E-state index contributed by atoms with van der Waals surface area (Å²) in [6.45, 7) is 3.45. The van der Waals surface area contributed by atoms with Gasteiger partial charge in [0.2, 0.25) is 0 Å². The molecule has 4 nitrogen and oxygen atoms in total. The van der Waals surface area contributed by atoms with Crippen LogP contribution in [0.5, 0.6) is 0 Å². The van der Waals surface area contributed by atoms with Crippen LogP contribution in [-0.4, -0.2) is 24.0 Å². The minimum atomic E-state index is -0.0522. The van der Waals surface area contributed by atoms with Gasteiger partial charge in [-0.2, -0.15) is 0 Å². The molecule has 0 saturated carbocycles. The van der Waals surface area contributed by atoms with E-state index in [-0.39, 0.29) is 5.91 Å². The average Bonchev–Trinajstić information content (AvgIpc) is 2.91. The molecule has 20 heavy (non-hydrogen) atoms. The topological polar surface area (TPSA) is 45.2 Å². The Morgan fingerprint density at radius 3 is 3.05 bits per heavy atom. The predicted octanol–water partition coefficient (Wildman–Crippen LogP) is 2.53. The van der Waals surface area contributed by atoms with Gasteiger partial charge in [0.15, 0.2) is 0 Å². The van der Waals surface area contributed by atoms with Crippen molar-refractivity contribution in [2.75, 3.05) is 18.0 Å². The molecule has 0 fully saturated rings. The summed E-state index contributed by atoms with van der Waals surface area (Å²) in [6.07, 6.45) is 2.71. The van der Waals surface area contributed by atoms with E-state index in [2.05, 4.69) is 33.4 Å². The summed E-state index contributed by atoms with van der Waals surface area (Å²) >= 11 is 0. The van der Waals surface area contributed by atoms with Crippen molar-refractivity contribution >= 4 is 17.4 Å². The highest BCUT2D eigenvalue weighted by Crippen LogP contribution is 2.33. The van der Waals surface area contributed by atoms with Crippen molar-refractivity contribution in [3.63, 3.8) is 0 Å². The van der Waals surface area contributed by atoms with Crippen LogP contribution in [0.15, 0.2) is 42.6 Å². The van der Waals surface area contributed by atoms with Gasteiger partial charge in [0.05, 0.1) is 0 Å². The third-order valence-electron chi connectivity index (χ3n) is 3.51. The molecule has 0 unspecified atom stereocenters. The first kappa shape index (κ1) is 12.7. The van der Waals surface area contributed by atoms with Gasteiger partial charge in [-0.15, -0.1) is 0 Å². The van der Waals surface area contributed by atoms with Crippen LogP contribution >= 0.6 is 0 Å². The van der Waals surface area contributed by atoms with E-state index < -0.39 is 0 Å². The molecule has 0 radical (unpaired) electrons. The maximum Gasteiger partial charge on any atom is 0.251 e. The predicted molar refractivity (Wildman–Crippen MR) is 79.4 cm³/mol. The second kappa shape index (κ2) is 5.33. The number of aromatic nitrogens is 1. The van der Waals surface area contributed by atoms with Crippen molar-refractivity contribution in [1.82, 2.24) is 10.3 Å². The average molecular weight is 267 g/mol. The number of hydrogen-bond acceptors (Lipinski definition) is 3. The van der Waals surface area contributed by atoms with E-state index in [1.807, 2.05) is 19.1 Å². The van der Waals surface area contributed by atoms with Crippen LogP contribution in [0.4, 0.5) is 11.5 Å². The number of benzene rings is 1. The molecule has 1 aliphatic heterocycles. The van der Waals surface area contributed by atoms with Gasteiger partial charge in [-0.3, -0.25) is 4.79 Å². The van der Waals surface area contributed by atoms with Gasteiger partial charge in [0, 0.05) is 30.5 Å².